The molecule has 0 aliphatic heterocycles. The van der Waals surface area contributed by atoms with Crippen LogP contribution in [0.4, 0.5) is 0 Å². The average molecular weight is 524 g/mol. The minimum atomic E-state index is 0.812. The number of unbranched alkanes of at least 4 members (excludes halogenated alkanes) is 6. The normalized spacial score (nSPS) is 11.3. The van der Waals surface area contributed by atoms with Crippen molar-refractivity contribution < 1.29 is 4.79 Å². The minimum Gasteiger partial charge on any atom is -0.297 e. The summed E-state index contributed by atoms with van der Waals surface area (Å²) in [5, 5.41) is 0. The van der Waals surface area contributed by atoms with Gasteiger partial charge in [0.1, 0.15) is 0 Å². The van der Waals surface area contributed by atoms with Gasteiger partial charge in [0.05, 0.1) is 8.66 Å². The van der Waals surface area contributed by atoms with Gasteiger partial charge >= 0.3 is 0 Å². The lowest BCUT2D eigenvalue weighted by molar-refractivity contribution is 0.112. The smallest absolute Gasteiger partial charge is 0.160 e. The molecule has 0 atom stereocenters. The first-order chi connectivity index (χ1) is 14.7. The van der Waals surface area contributed by atoms with Crippen LogP contribution >= 0.6 is 49.9 Å². The van der Waals surface area contributed by atoms with Crippen LogP contribution < -0.4 is 0 Å². The lowest BCUT2D eigenvalue weighted by atomic mass is 10.0. The highest BCUT2D eigenvalue weighted by atomic mass is 79.9. The Kier molecular flexibility index (Phi) is 9.82. The van der Waals surface area contributed by atoms with E-state index in [1.54, 1.807) is 11.3 Å². The van der Waals surface area contributed by atoms with Gasteiger partial charge in [-0.3, -0.25) is 4.79 Å². The zero-order valence-electron chi connectivity index (χ0n) is 18.0. The van der Waals surface area contributed by atoms with Gasteiger partial charge in [0, 0.05) is 19.5 Å². The van der Waals surface area contributed by atoms with Gasteiger partial charge < -0.3 is 0 Å². The number of aldehydes is 1. The predicted octanol–water partition coefficient (Wildman–Crippen LogP) is 10.0. The highest BCUT2D eigenvalue weighted by Gasteiger charge is 2.18. The molecule has 0 bridgehead atoms. The Hall–Kier alpha value is -0.750. The van der Waals surface area contributed by atoms with Crippen LogP contribution in [0.1, 0.15) is 86.0 Å². The second kappa shape index (κ2) is 12.3. The molecule has 0 spiro atoms. The van der Waals surface area contributed by atoms with Gasteiger partial charge in [-0.1, -0.05) is 52.4 Å². The molecule has 0 amide bonds. The fourth-order valence-electron chi connectivity index (χ4n) is 3.75. The van der Waals surface area contributed by atoms with Crippen molar-refractivity contribution in [3.63, 3.8) is 0 Å². The van der Waals surface area contributed by atoms with Crippen LogP contribution in [-0.4, -0.2) is 6.29 Å². The Morgan fingerprint density at radius 2 is 1.40 bits per heavy atom. The molecule has 0 aromatic carbocycles. The molecule has 3 aromatic rings. The van der Waals surface area contributed by atoms with E-state index in [0.717, 1.165) is 24.0 Å². The first-order valence-corrected chi connectivity index (χ1v) is 14.4. The lowest BCUT2D eigenvalue weighted by Crippen LogP contribution is -1.86. The summed E-state index contributed by atoms with van der Waals surface area (Å²) in [5.41, 5.74) is 2.93. The molecule has 3 heterocycles. The Morgan fingerprint density at radius 3 is 2.00 bits per heavy atom. The average Bonchev–Trinajstić information content (AvgIpc) is 3.46. The molecular weight excluding hydrogens is 492 g/mol. The molecule has 0 N–H and O–H groups in total. The van der Waals surface area contributed by atoms with Gasteiger partial charge in [-0.25, -0.2) is 0 Å². The van der Waals surface area contributed by atoms with E-state index in [4.69, 9.17) is 0 Å². The summed E-state index contributed by atoms with van der Waals surface area (Å²) in [4.78, 5) is 17.4. The second-order valence-electron chi connectivity index (χ2n) is 7.81. The Morgan fingerprint density at radius 1 is 0.767 bits per heavy atom. The number of carbonyl (C=O) groups excluding carboxylic acids is 1. The van der Waals surface area contributed by atoms with E-state index >= 15 is 0 Å². The minimum absolute atomic E-state index is 0.812. The molecule has 30 heavy (non-hydrogen) atoms. The van der Waals surface area contributed by atoms with Crippen molar-refractivity contribution in [2.24, 2.45) is 0 Å². The van der Waals surface area contributed by atoms with Crippen LogP contribution in [0.2, 0.25) is 0 Å². The van der Waals surface area contributed by atoms with E-state index < -0.39 is 0 Å². The Labute approximate surface area is 201 Å². The van der Waals surface area contributed by atoms with Crippen molar-refractivity contribution in [2.75, 3.05) is 0 Å². The molecule has 3 rings (SSSR count). The summed E-state index contributed by atoms with van der Waals surface area (Å²) in [6.07, 6.45) is 13.5. The third kappa shape index (κ3) is 6.38. The highest BCUT2D eigenvalue weighted by molar-refractivity contribution is 9.11. The molecule has 0 saturated carbocycles. The summed E-state index contributed by atoms with van der Waals surface area (Å²) in [5.74, 6) is 0. The number of carbonyl (C=O) groups is 1. The van der Waals surface area contributed by atoms with Crippen LogP contribution in [0.3, 0.4) is 0 Å². The van der Waals surface area contributed by atoms with Gasteiger partial charge in [0.2, 0.25) is 0 Å². The monoisotopic (exact) mass is 522 g/mol. The molecule has 3 aromatic heterocycles. The van der Waals surface area contributed by atoms with Crippen molar-refractivity contribution in [2.45, 2.75) is 78.1 Å². The van der Waals surface area contributed by atoms with Crippen LogP contribution in [0.5, 0.6) is 0 Å². The molecule has 5 heteroatoms. The van der Waals surface area contributed by atoms with Crippen molar-refractivity contribution in [3.05, 3.63) is 44.1 Å². The van der Waals surface area contributed by atoms with Gasteiger partial charge in [-0.05, 0) is 77.0 Å². The summed E-state index contributed by atoms with van der Waals surface area (Å²) in [6.45, 7) is 4.53. The Bertz CT molecular complexity index is 934. The van der Waals surface area contributed by atoms with Crippen LogP contribution in [0.25, 0.3) is 19.5 Å². The molecule has 0 radical (unpaired) electrons. The predicted molar refractivity (Wildman–Crippen MR) is 140 cm³/mol. The maximum absolute atomic E-state index is 11.2. The third-order valence-corrected chi connectivity index (χ3v) is 9.61. The van der Waals surface area contributed by atoms with Crippen molar-refractivity contribution in [1.82, 2.24) is 0 Å². The van der Waals surface area contributed by atoms with E-state index in [1.165, 1.54) is 85.8 Å². The van der Waals surface area contributed by atoms with Crippen LogP contribution in [0, 0.1) is 0 Å². The van der Waals surface area contributed by atoms with Crippen molar-refractivity contribution >= 4 is 56.2 Å². The summed E-state index contributed by atoms with van der Waals surface area (Å²) >= 11 is 9.12. The van der Waals surface area contributed by atoms with Crippen LogP contribution in [-0.2, 0) is 12.8 Å². The van der Waals surface area contributed by atoms with Gasteiger partial charge in [0.15, 0.2) is 6.29 Å². The number of hydrogen-bond donors (Lipinski definition) is 0. The standard InChI is InChI=1S/C25H31BrOS3/c1-3-5-7-9-11-18-15-22(29-24(18)21-14-13-20(17-27)28-21)25-19(16-23(26)30-25)12-10-8-6-4-2/h13-17H,3-12H2,1-2H3. The van der Waals surface area contributed by atoms with E-state index in [2.05, 4.69) is 48.0 Å². The highest BCUT2D eigenvalue weighted by Crippen LogP contribution is 2.45. The van der Waals surface area contributed by atoms with E-state index in [1.807, 2.05) is 28.7 Å². The fraction of sp³-hybridized carbons (Fsp3) is 0.480. The third-order valence-electron chi connectivity index (χ3n) is 5.38. The van der Waals surface area contributed by atoms with Gasteiger partial charge in [-0.15, -0.1) is 34.0 Å². The summed E-state index contributed by atoms with van der Waals surface area (Å²) in [6, 6.07) is 8.83. The summed E-state index contributed by atoms with van der Waals surface area (Å²) < 4.78 is 1.22. The number of hydrogen-bond acceptors (Lipinski definition) is 4. The van der Waals surface area contributed by atoms with Crippen molar-refractivity contribution in [3.8, 4) is 19.5 Å². The van der Waals surface area contributed by atoms with Crippen molar-refractivity contribution in [1.29, 1.82) is 0 Å². The number of thiophene rings is 3. The number of aryl methyl sites for hydroxylation is 2. The molecule has 0 aliphatic rings. The van der Waals surface area contributed by atoms with E-state index in [0.29, 0.717) is 0 Å². The molecule has 0 aliphatic carbocycles. The molecule has 1 nitrogen and oxygen atoms in total. The number of rotatable bonds is 13. The number of halogens is 1. The topological polar surface area (TPSA) is 17.1 Å². The molecule has 0 fully saturated rings. The molecular formula is C25H31BrOS3. The van der Waals surface area contributed by atoms with E-state index in [-0.39, 0.29) is 0 Å². The molecule has 162 valence electrons. The van der Waals surface area contributed by atoms with Gasteiger partial charge in [-0.2, -0.15) is 0 Å². The SMILES string of the molecule is CCCCCCc1cc(Br)sc1-c1cc(CCCCCC)c(-c2ccc(C=O)s2)s1. The van der Waals surface area contributed by atoms with Crippen LogP contribution in [0.15, 0.2) is 28.1 Å². The first kappa shape index (κ1) is 23.9. The summed E-state index contributed by atoms with van der Waals surface area (Å²) in [7, 11) is 0. The lowest BCUT2D eigenvalue weighted by Gasteiger charge is -2.02. The van der Waals surface area contributed by atoms with E-state index in [9.17, 15) is 4.79 Å². The van der Waals surface area contributed by atoms with Gasteiger partial charge in [0.25, 0.3) is 0 Å². The largest absolute Gasteiger partial charge is 0.297 e. The maximum Gasteiger partial charge on any atom is 0.160 e. The molecule has 0 unspecified atom stereocenters. The fourth-order valence-corrected chi connectivity index (χ4v) is 7.76. The molecule has 0 saturated heterocycles. The second-order valence-corrected chi connectivity index (χ2v) is 12.4. The zero-order chi connectivity index (χ0) is 21.3. The Balaban J connectivity index is 1.88. The zero-order valence-corrected chi connectivity index (χ0v) is 22.0. The quantitative estimate of drug-likeness (QED) is 0.161. The maximum atomic E-state index is 11.2. The first-order valence-electron chi connectivity index (χ1n) is 11.1.